The Morgan fingerprint density at radius 3 is 2.45 bits per heavy atom. The third-order valence-corrected chi connectivity index (χ3v) is 7.78. The van der Waals surface area contributed by atoms with Gasteiger partial charge < -0.3 is 4.57 Å². The minimum atomic E-state index is -3.78. The van der Waals surface area contributed by atoms with Crippen LogP contribution in [0, 0.1) is 6.92 Å². The largest absolute Gasteiger partial charge is 0.319 e. The zero-order valence-corrected chi connectivity index (χ0v) is 15.5. The summed E-state index contributed by atoms with van der Waals surface area (Å²) in [5, 5.41) is 0.583. The van der Waals surface area contributed by atoms with Gasteiger partial charge in [-0.15, -0.1) is 15.7 Å². The molecular weight excluding hydrogens is 383 g/mol. The van der Waals surface area contributed by atoms with Gasteiger partial charge in [0.25, 0.3) is 10.0 Å². The van der Waals surface area contributed by atoms with Crippen molar-refractivity contribution in [1.29, 1.82) is 0 Å². The summed E-state index contributed by atoms with van der Waals surface area (Å²) in [7, 11) is -2.01. The van der Waals surface area contributed by atoms with Crippen molar-refractivity contribution in [3.8, 4) is 0 Å². The van der Waals surface area contributed by atoms with Crippen LogP contribution in [0.4, 0.5) is 0 Å². The van der Waals surface area contributed by atoms with E-state index in [0.29, 0.717) is 14.2 Å². The number of thiophene rings is 1. The topological polar surface area (TPSA) is 51.4 Å². The molecule has 22 heavy (non-hydrogen) atoms. The molecule has 2 aromatic heterocycles. The first-order chi connectivity index (χ1) is 10.3. The lowest BCUT2D eigenvalue weighted by atomic mass is 10.2. The highest BCUT2D eigenvalue weighted by Crippen LogP contribution is 2.29. The monoisotopic (exact) mass is 392 g/mol. The molecule has 0 aliphatic heterocycles. The molecular formula is C13H10Cl2N2O2S3. The molecule has 0 radical (unpaired) electrons. The molecule has 0 aliphatic rings. The zero-order chi connectivity index (χ0) is 16.1. The quantitative estimate of drug-likeness (QED) is 0.655. The second-order valence-electron chi connectivity index (χ2n) is 4.61. The Bertz CT molecular complexity index is 1050. The van der Waals surface area contributed by atoms with Gasteiger partial charge in [0.05, 0.1) is 19.6 Å². The van der Waals surface area contributed by atoms with E-state index < -0.39 is 10.0 Å². The highest BCUT2D eigenvalue weighted by molar-refractivity contribution is 7.92. The minimum Gasteiger partial charge on any atom is -0.319 e. The van der Waals surface area contributed by atoms with E-state index in [2.05, 4.69) is 4.40 Å². The van der Waals surface area contributed by atoms with E-state index in [1.54, 1.807) is 23.7 Å². The van der Waals surface area contributed by atoms with Gasteiger partial charge in [-0.25, -0.2) is 0 Å². The number of aryl methyl sites for hydroxylation is 2. The first-order valence-corrected chi connectivity index (χ1v) is 9.93. The summed E-state index contributed by atoms with van der Waals surface area (Å²) in [5.74, 6) is 0. The molecule has 3 aromatic rings. The normalized spacial score (nSPS) is 13.2. The molecule has 116 valence electrons. The number of aromatic nitrogens is 1. The second kappa shape index (κ2) is 5.65. The average Bonchev–Trinajstić information content (AvgIpc) is 3.01. The fourth-order valence-corrected chi connectivity index (χ4v) is 6.14. The Balaban J connectivity index is 2.29. The van der Waals surface area contributed by atoms with E-state index >= 15 is 0 Å². The molecule has 0 bridgehead atoms. The summed E-state index contributed by atoms with van der Waals surface area (Å²) in [4.78, 5) is 0.371. The van der Waals surface area contributed by atoms with Crippen molar-refractivity contribution >= 4 is 66.1 Å². The van der Waals surface area contributed by atoms with Crippen LogP contribution in [0.5, 0.6) is 0 Å². The number of fused-ring (bicyclic) bond motifs is 1. The fraction of sp³-hybridized carbons (Fsp3) is 0.154. The number of benzene rings is 1. The van der Waals surface area contributed by atoms with Crippen LogP contribution in [0.15, 0.2) is 32.9 Å². The number of nitrogens with zero attached hydrogens (tertiary/aromatic N) is 2. The van der Waals surface area contributed by atoms with E-state index in [1.165, 1.54) is 17.4 Å². The summed E-state index contributed by atoms with van der Waals surface area (Å²) >= 11 is 14.2. The Labute approximate surface area is 145 Å². The van der Waals surface area contributed by atoms with Crippen LogP contribution in [-0.2, 0) is 17.1 Å². The Hall–Kier alpha value is -0.860. The predicted octanol–water partition coefficient (Wildman–Crippen LogP) is 4.21. The van der Waals surface area contributed by atoms with Crippen molar-refractivity contribution in [1.82, 2.24) is 4.57 Å². The molecule has 0 saturated carbocycles. The number of rotatable bonds is 2. The molecule has 4 nitrogen and oxygen atoms in total. The van der Waals surface area contributed by atoms with Gasteiger partial charge >= 0.3 is 0 Å². The van der Waals surface area contributed by atoms with Crippen LogP contribution in [0.1, 0.15) is 5.56 Å². The number of hydrogen-bond acceptors (Lipinski definition) is 4. The van der Waals surface area contributed by atoms with Crippen molar-refractivity contribution in [2.45, 2.75) is 11.1 Å². The Morgan fingerprint density at radius 1 is 1.14 bits per heavy atom. The summed E-state index contributed by atoms with van der Waals surface area (Å²) < 4.78 is 31.8. The lowest BCUT2D eigenvalue weighted by Gasteiger charge is -2.00. The van der Waals surface area contributed by atoms with Crippen LogP contribution >= 0.6 is 45.9 Å². The average molecular weight is 393 g/mol. The lowest BCUT2D eigenvalue weighted by Crippen LogP contribution is -2.13. The SMILES string of the molecule is Cc1ccc(Cl)c2sc(=NS(=O)(=O)c3ccc(Cl)s3)n(C)c12. The highest BCUT2D eigenvalue weighted by atomic mass is 35.5. The molecule has 9 heteroatoms. The van der Waals surface area contributed by atoms with Gasteiger partial charge in [0.15, 0.2) is 0 Å². The van der Waals surface area contributed by atoms with Crippen LogP contribution < -0.4 is 4.80 Å². The minimum absolute atomic E-state index is 0.123. The number of sulfonamides is 1. The summed E-state index contributed by atoms with van der Waals surface area (Å²) in [5.41, 5.74) is 1.90. The molecule has 0 saturated heterocycles. The van der Waals surface area contributed by atoms with Crippen molar-refractivity contribution in [3.05, 3.63) is 44.0 Å². The smallest absolute Gasteiger partial charge is 0.294 e. The van der Waals surface area contributed by atoms with Gasteiger partial charge in [0, 0.05) is 7.05 Å². The molecule has 0 N–H and O–H groups in total. The van der Waals surface area contributed by atoms with Gasteiger partial charge in [-0.05, 0) is 30.7 Å². The molecule has 0 atom stereocenters. The molecule has 0 unspecified atom stereocenters. The van der Waals surface area contributed by atoms with Gasteiger partial charge in [0.1, 0.15) is 4.21 Å². The maximum absolute atomic E-state index is 12.4. The van der Waals surface area contributed by atoms with Crippen molar-refractivity contribution in [2.75, 3.05) is 0 Å². The summed E-state index contributed by atoms with van der Waals surface area (Å²) in [6.45, 7) is 1.95. The maximum Gasteiger partial charge on any atom is 0.294 e. The van der Waals surface area contributed by atoms with Crippen LogP contribution in [0.25, 0.3) is 10.2 Å². The van der Waals surface area contributed by atoms with Gasteiger partial charge in [-0.2, -0.15) is 8.42 Å². The van der Waals surface area contributed by atoms with E-state index in [-0.39, 0.29) is 4.21 Å². The summed E-state index contributed by atoms with van der Waals surface area (Å²) in [6, 6.07) is 6.69. The van der Waals surface area contributed by atoms with Gasteiger partial charge in [-0.1, -0.05) is 40.6 Å². The molecule has 0 amide bonds. The van der Waals surface area contributed by atoms with Gasteiger partial charge in [0.2, 0.25) is 4.80 Å². The Kier molecular flexibility index (Phi) is 4.11. The molecule has 0 aliphatic carbocycles. The molecule has 1 aromatic carbocycles. The maximum atomic E-state index is 12.4. The van der Waals surface area contributed by atoms with E-state index in [1.807, 2.05) is 13.0 Å². The Morgan fingerprint density at radius 2 is 1.86 bits per heavy atom. The third kappa shape index (κ3) is 2.72. The van der Waals surface area contributed by atoms with Crippen LogP contribution in [0.3, 0.4) is 0 Å². The molecule has 0 fully saturated rings. The number of hydrogen-bond donors (Lipinski definition) is 0. The van der Waals surface area contributed by atoms with E-state index in [9.17, 15) is 8.42 Å². The lowest BCUT2D eigenvalue weighted by molar-refractivity contribution is 0.598. The summed E-state index contributed by atoms with van der Waals surface area (Å²) in [6.07, 6.45) is 0. The second-order valence-corrected chi connectivity index (χ2v) is 9.54. The van der Waals surface area contributed by atoms with E-state index in [4.69, 9.17) is 23.2 Å². The van der Waals surface area contributed by atoms with Gasteiger partial charge in [-0.3, -0.25) is 0 Å². The third-order valence-electron chi connectivity index (χ3n) is 3.10. The van der Waals surface area contributed by atoms with Crippen molar-refractivity contribution < 1.29 is 8.42 Å². The molecule has 2 heterocycles. The molecule has 3 rings (SSSR count). The zero-order valence-electron chi connectivity index (χ0n) is 11.5. The first kappa shape index (κ1) is 16.0. The highest BCUT2D eigenvalue weighted by Gasteiger charge is 2.17. The first-order valence-electron chi connectivity index (χ1n) is 6.10. The molecule has 0 spiro atoms. The van der Waals surface area contributed by atoms with Crippen molar-refractivity contribution in [3.63, 3.8) is 0 Å². The van der Waals surface area contributed by atoms with E-state index in [0.717, 1.165) is 27.1 Å². The fourth-order valence-electron chi connectivity index (χ4n) is 2.08. The standard InChI is InChI=1S/C13H10Cl2N2O2S3/c1-7-3-4-8(14)12-11(7)17(2)13(21-12)16-22(18,19)10-6-5-9(15)20-10/h3-6H,1-2H3. The number of thiazole rings is 1. The number of halogens is 2. The predicted molar refractivity (Wildman–Crippen MR) is 92.6 cm³/mol. The van der Waals surface area contributed by atoms with Crippen LogP contribution in [0.2, 0.25) is 9.36 Å². The van der Waals surface area contributed by atoms with Crippen molar-refractivity contribution in [2.24, 2.45) is 11.4 Å². The van der Waals surface area contributed by atoms with Crippen LogP contribution in [-0.4, -0.2) is 13.0 Å².